The smallest absolute Gasteiger partial charge is 0.219 e. The Morgan fingerprint density at radius 2 is 0.611 bits per heavy atom. The fraction of sp³-hybridized carbons (Fsp3) is 0.971. The van der Waals surface area contributed by atoms with Gasteiger partial charge in [0.05, 0.1) is 0 Å². The summed E-state index contributed by atoms with van der Waals surface area (Å²) in [6, 6.07) is 0. The first-order chi connectivity index (χ1) is 17.8. The van der Waals surface area contributed by atoms with E-state index in [4.69, 9.17) is 0 Å². The summed E-state index contributed by atoms with van der Waals surface area (Å²) >= 11 is 0. The van der Waals surface area contributed by atoms with Gasteiger partial charge in [0.1, 0.15) is 0 Å². The molecule has 0 rings (SSSR count). The van der Waals surface area contributed by atoms with Crippen molar-refractivity contribution >= 4 is 5.91 Å². The van der Waals surface area contributed by atoms with Crippen molar-refractivity contribution in [3.8, 4) is 0 Å². The number of nitrogens with one attached hydrogen (secondary N) is 1. The Morgan fingerprint density at radius 3 is 0.917 bits per heavy atom. The van der Waals surface area contributed by atoms with Crippen molar-refractivity contribution in [2.45, 2.75) is 206 Å². The van der Waals surface area contributed by atoms with Crippen LogP contribution in [0.5, 0.6) is 0 Å². The molecule has 0 aliphatic rings. The van der Waals surface area contributed by atoms with E-state index in [1.807, 2.05) is 0 Å². The fourth-order valence-corrected chi connectivity index (χ4v) is 5.29. The van der Waals surface area contributed by atoms with Gasteiger partial charge in [0.15, 0.2) is 0 Å². The maximum absolute atomic E-state index is 12.0. The molecular weight excluding hydrogens is 438 g/mol. The Bertz CT molecular complexity index is 408. The molecule has 0 aromatic heterocycles. The van der Waals surface area contributed by atoms with Crippen molar-refractivity contribution in [1.82, 2.24) is 5.32 Å². The van der Waals surface area contributed by atoms with Crippen LogP contribution in [0.3, 0.4) is 0 Å². The minimum Gasteiger partial charge on any atom is -0.356 e. The first kappa shape index (κ1) is 35.5. The zero-order valence-corrected chi connectivity index (χ0v) is 25.3. The molecule has 0 radical (unpaired) electrons. The third-order valence-corrected chi connectivity index (χ3v) is 7.86. The van der Waals surface area contributed by atoms with Crippen molar-refractivity contribution < 1.29 is 4.79 Å². The minimum absolute atomic E-state index is 0.277. The highest BCUT2D eigenvalue weighted by Crippen LogP contribution is 2.14. The third-order valence-electron chi connectivity index (χ3n) is 7.86. The number of unbranched alkanes of at least 4 members (excludes halogenated alkanes) is 27. The first-order valence-corrected chi connectivity index (χ1v) is 17.1. The van der Waals surface area contributed by atoms with Crippen molar-refractivity contribution in [2.24, 2.45) is 0 Å². The van der Waals surface area contributed by atoms with Gasteiger partial charge in [0, 0.05) is 13.0 Å². The van der Waals surface area contributed by atoms with Crippen LogP contribution in [0.1, 0.15) is 206 Å². The molecule has 0 aromatic carbocycles. The molecule has 2 nitrogen and oxygen atoms in total. The monoisotopic (exact) mass is 508 g/mol. The normalized spacial score (nSPS) is 11.3. The molecule has 0 fully saturated rings. The lowest BCUT2D eigenvalue weighted by molar-refractivity contribution is -0.121. The van der Waals surface area contributed by atoms with Gasteiger partial charge in [-0.05, 0) is 12.8 Å². The lowest BCUT2D eigenvalue weighted by Gasteiger charge is -2.06. The minimum atomic E-state index is 0.277. The molecule has 0 aliphatic heterocycles. The van der Waals surface area contributed by atoms with Crippen LogP contribution in [0, 0.1) is 0 Å². The van der Waals surface area contributed by atoms with E-state index >= 15 is 0 Å². The summed E-state index contributed by atoms with van der Waals surface area (Å²) in [6.07, 6.45) is 40.8. The van der Waals surface area contributed by atoms with Crippen LogP contribution in [0.15, 0.2) is 0 Å². The number of carbonyl (C=O) groups excluding carboxylic acids is 1. The van der Waals surface area contributed by atoms with E-state index in [-0.39, 0.29) is 5.91 Å². The molecule has 0 saturated carbocycles. The van der Waals surface area contributed by atoms with Gasteiger partial charge in [-0.2, -0.15) is 0 Å². The summed E-state index contributed by atoms with van der Waals surface area (Å²) in [5.41, 5.74) is 0. The van der Waals surface area contributed by atoms with Gasteiger partial charge in [-0.3, -0.25) is 4.79 Å². The first-order valence-electron chi connectivity index (χ1n) is 17.1. The maximum atomic E-state index is 12.0. The topological polar surface area (TPSA) is 29.1 Å². The number of rotatable bonds is 31. The second-order valence-electron chi connectivity index (χ2n) is 11.6. The van der Waals surface area contributed by atoms with Crippen LogP contribution in [-0.2, 0) is 4.79 Å². The molecule has 36 heavy (non-hydrogen) atoms. The van der Waals surface area contributed by atoms with Crippen LogP contribution in [-0.4, -0.2) is 12.5 Å². The van der Waals surface area contributed by atoms with Crippen molar-refractivity contribution in [3.05, 3.63) is 0 Å². The fourth-order valence-electron chi connectivity index (χ4n) is 5.29. The van der Waals surface area contributed by atoms with Crippen LogP contribution in [0.4, 0.5) is 0 Å². The lowest BCUT2D eigenvalue weighted by atomic mass is 10.0. The van der Waals surface area contributed by atoms with E-state index in [0.29, 0.717) is 0 Å². The molecule has 0 bridgehead atoms. The quantitative estimate of drug-likeness (QED) is 0.0928. The average Bonchev–Trinajstić information content (AvgIpc) is 2.88. The molecule has 0 saturated heterocycles. The van der Waals surface area contributed by atoms with Gasteiger partial charge in [0.25, 0.3) is 0 Å². The molecule has 0 aliphatic carbocycles. The second kappa shape index (κ2) is 32.5. The highest BCUT2D eigenvalue weighted by Gasteiger charge is 2.01. The Balaban J connectivity index is 3.14. The summed E-state index contributed by atoms with van der Waals surface area (Å²) in [7, 11) is 0. The average molecular weight is 508 g/mol. The lowest BCUT2D eigenvalue weighted by Crippen LogP contribution is -2.23. The highest BCUT2D eigenvalue weighted by atomic mass is 16.1. The number of carbonyl (C=O) groups is 1. The van der Waals surface area contributed by atoms with Gasteiger partial charge in [0.2, 0.25) is 5.91 Å². The summed E-state index contributed by atoms with van der Waals surface area (Å²) in [4.78, 5) is 12.0. The van der Waals surface area contributed by atoms with Gasteiger partial charge < -0.3 is 5.32 Å². The molecule has 2 heteroatoms. The summed E-state index contributed by atoms with van der Waals surface area (Å²) in [6.45, 7) is 5.47. The Morgan fingerprint density at radius 1 is 0.361 bits per heavy atom. The van der Waals surface area contributed by atoms with E-state index in [1.165, 1.54) is 173 Å². The highest BCUT2D eigenvalue weighted by molar-refractivity contribution is 5.75. The Hall–Kier alpha value is -0.530. The maximum Gasteiger partial charge on any atom is 0.219 e. The molecular formula is C34H69NO. The van der Waals surface area contributed by atoms with Gasteiger partial charge in [-0.15, -0.1) is 0 Å². The van der Waals surface area contributed by atoms with Crippen molar-refractivity contribution in [3.63, 3.8) is 0 Å². The van der Waals surface area contributed by atoms with Gasteiger partial charge >= 0.3 is 0 Å². The molecule has 1 N–H and O–H groups in total. The van der Waals surface area contributed by atoms with Crippen LogP contribution in [0.25, 0.3) is 0 Å². The molecule has 0 heterocycles. The van der Waals surface area contributed by atoms with Crippen LogP contribution in [0.2, 0.25) is 0 Å². The van der Waals surface area contributed by atoms with Crippen LogP contribution < -0.4 is 5.32 Å². The molecule has 216 valence electrons. The molecule has 0 atom stereocenters. The number of amides is 1. The predicted molar refractivity (Wildman–Crippen MR) is 163 cm³/mol. The summed E-state index contributed by atoms with van der Waals surface area (Å²) in [5.74, 6) is 0.277. The van der Waals surface area contributed by atoms with E-state index in [9.17, 15) is 4.79 Å². The third kappa shape index (κ3) is 31.5. The van der Waals surface area contributed by atoms with Crippen molar-refractivity contribution in [1.29, 1.82) is 0 Å². The molecule has 0 unspecified atom stereocenters. The predicted octanol–water partition coefficient (Wildman–Crippen LogP) is 11.8. The van der Waals surface area contributed by atoms with Gasteiger partial charge in [-0.25, -0.2) is 0 Å². The summed E-state index contributed by atoms with van der Waals surface area (Å²) < 4.78 is 0. The zero-order valence-electron chi connectivity index (χ0n) is 25.3. The molecule has 0 spiro atoms. The number of hydrogen-bond acceptors (Lipinski definition) is 1. The van der Waals surface area contributed by atoms with Crippen LogP contribution >= 0.6 is 0 Å². The molecule has 1 amide bonds. The van der Waals surface area contributed by atoms with Crippen molar-refractivity contribution in [2.75, 3.05) is 6.54 Å². The largest absolute Gasteiger partial charge is 0.356 e. The van der Waals surface area contributed by atoms with E-state index in [0.717, 1.165) is 25.8 Å². The Labute approximate surface area is 228 Å². The second-order valence-corrected chi connectivity index (χ2v) is 11.6. The van der Waals surface area contributed by atoms with E-state index in [2.05, 4.69) is 19.2 Å². The SMILES string of the molecule is CCCCCCCCCCCCCCCCCNC(=O)CCCCCCCCCCCCCCCC. The molecule has 0 aromatic rings. The van der Waals surface area contributed by atoms with E-state index < -0.39 is 0 Å². The summed E-state index contributed by atoms with van der Waals surface area (Å²) in [5, 5.41) is 3.14. The van der Waals surface area contributed by atoms with E-state index in [1.54, 1.807) is 0 Å². The number of hydrogen-bond donors (Lipinski definition) is 1. The zero-order chi connectivity index (χ0) is 26.2. The van der Waals surface area contributed by atoms with Gasteiger partial charge in [-0.1, -0.05) is 187 Å². The Kier molecular flexibility index (Phi) is 32.0. The standard InChI is InChI=1S/C34H69NO/c1-3-5-7-9-11-13-15-17-19-21-23-25-27-29-31-33-35-34(36)32-30-28-26-24-22-20-18-16-14-12-10-8-6-4-2/h3-33H2,1-2H3,(H,35,36).